The van der Waals surface area contributed by atoms with E-state index >= 15 is 0 Å². The summed E-state index contributed by atoms with van der Waals surface area (Å²) in [6.45, 7) is 3.99. The second kappa shape index (κ2) is 10.0. The molecule has 0 unspecified atom stereocenters. The topological polar surface area (TPSA) is 67.9 Å². The van der Waals surface area contributed by atoms with Crippen molar-refractivity contribution in [2.75, 3.05) is 26.3 Å². The molecule has 2 aromatic carbocycles. The lowest BCUT2D eigenvalue weighted by atomic mass is 10.1. The van der Waals surface area contributed by atoms with Crippen molar-refractivity contribution in [3.05, 3.63) is 59.2 Å². The lowest BCUT2D eigenvalue weighted by molar-refractivity contribution is -0.131. The van der Waals surface area contributed by atoms with Crippen LogP contribution in [-0.2, 0) is 11.3 Å². The van der Waals surface area contributed by atoms with E-state index in [0.29, 0.717) is 50.3 Å². The second-order valence-corrected chi connectivity index (χ2v) is 6.83. The maximum absolute atomic E-state index is 13.6. The number of nitrogens with one attached hydrogen (secondary N) is 1. The van der Waals surface area contributed by atoms with Crippen molar-refractivity contribution in [1.29, 1.82) is 0 Å². The summed E-state index contributed by atoms with van der Waals surface area (Å²) in [6, 6.07) is 8.39. The summed E-state index contributed by atoms with van der Waals surface area (Å²) >= 11 is 0. The first kappa shape index (κ1) is 21.5. The van der Waals surface area contributed by atoms with Gasteiger partial charge < -0.3 is 19.7 Å². The molecule has 2 amide bonds. The molecule has 160 valence electrons. The number of carbonyl (C=O) groups is 2. The van der Waals surface area contributed by atoms with Crippen LogP contribution in [0.1, 0.15) is 35.7 Å². The summed E-state index contributed by atoms with van der Waals surface area (Å²) in [7, 11) is 0. The molecule has 0 aliphatic carbocycles. The Bertz CT molecular complexity index is 920. The summed E-state index contributed by atoms with van der Waals surface area (Å²) in [4.78, 5) is 26.3. The van der Waals surface area contributed by atoms with Gasteiger partial charge in [-0.3, -0.25) is 9.59 Å². The number of hydrogen-bond donors (Lipinski definition) is 1. The number of ether oxygens (including phenoxy) is 2. The summed E-state index contributed by atoms with van der Waals surface area (Å²) in [5.74, 6) is -1.01. The third-order valence-electron chi connectivity index (χ3n) is 4.77. The number of halogens is 2. The van der Waals surface area contributed by atoms with E-state index in [4.69, 9.17) is 9.47 Å². The summed E-state index contributed by atoms with van der Waals surface area (Å²) < 4.78 is 37.8. The molecule has 0 fully saturated rings. The Hall–Kier alpha value is -3.16. The van der Waals surface area contributed by atoms with E-state index in [1.54, 1.807) is 4.90 Å². The summed E-state index contributed by atoms with van der Waals surface area (Å²) in [5.41, 5.74) is 0.650. The molecule has 1 aliphatic heterocycles. The van der Waals surface area contributed by atoms with Gasteiger partial charge in [-0.25, -0.2) is 8.78 Å². The van der Waals surface area contributed by atoms with Gasteiger partial charge in [0.15, 0.2) is 11.5 Å². The van der Waals surface area contributed by atoms with Crippen LogP contribution in [0.3, 0.4) is 0 Å². The quantitative estimate of drug-likeness (QED) is 0.668. The van der Waals surface area contributed by atoms with Gasteiger partial charge in [-0.15, -0.1) is 0 Å². The molecule has 0 spiro atoms. The number of hydrogen-bond acceptors (Lipinski definition) is 4. The first-order valence-electron chi connectivity index (χ1n) is 9.88. The van der Waals surface area contributed by atoms with Crippen molar-refractivity contribution in [1.82, 2.24) is 10.2 Å². The predicted molar refractivity (Wildman–Crippen MR) is 106 cm³/mol. The van der Waals surface area contributed by atoms with Crippen LogP contribution in [0.15, 0.2) is 36.4 Å². The van der Waals surface area contributed by atoms with Crippen LogP contribution < -0.4 is 14.8 Å². The molecule has 8 heteroatoms. The Kier molecular flexibility index (Phi) is 7.21. The van der Waals surface area contributed by atoms with Crippen molar-refractivity contribution < 1.29 is 27.8 Å². The average Bonchev–Trinajstić information content (AvgIpc) is 2.74. The number of amides is 2. The van der Waals surface area contributed by atoms with Crippen molar-refractivity contribution in [2.24, 2.45) is 0 Å². The molecule has 2 aromatic rings. The van der Waals surface area contributed by atoms with Crippen LogP contribution >= 0.6 is 0 Å². The predicted octanol–water partition coefficient (Wildman–Crippen LogP) is 3.29. The number of carbonyl (C=O) groups excluding carboxylic acids is 2. The third kappa shape index (κ3) is 5.25. The Morgan fingerprint density at radius 2 is 1.93 bits per heavy atom. The van der Waals surface area contributed by atoms with Crippen LogP contribution in [0.2, 0.25) is 0 Å². The van der Waals surface area contributed by atoms with E-state index in [9.17, 15) is 18.4 Å². The highest BCUT2D eigenvalue weighted by Crippen LogP contribution is 2.34. The molecule has 6 nitrogen and oxygen atoms in total. The first-order valence-corrected chi connectivity index (χ1v) is 9.88. The first-order chi connectivity index (χ1) is 14.5. The monoisotopic (exact) mass is 418 g/mol. The van der Waals surface area contributed by atoms with Crippen LogP contribution in [-0.4, -0.2) is 43.0 Å². The number of benzene rings is 2. The van der Waals surface area contributed by atoms with Gasteiger partial charge in [0.1, 0.15) is 24.8 Å². The highest BCUT2D eigenvalue weighted by Gasteiger charge is 2.19. The van der Waals surface area contributed by atoms with Gasteiger partial charge >= 0.3 is 0 Å². The lowest BCUT2D eigenvalue weighted by Crippen LogP contribution is -2.32. The van der Waals surface area contributed by atoms with Crippen molar-refractivity contribution in [3.63, 3.8) is 0 Å². The van der Waals surface area contributed by atoms with Gasteiger partial charge in [0.2, 0.25) is 5.91 Å². The molecule has 0 radical (unpaired) electrons. The van der Waals surface area contributed by atoms with Gasteiger partial charge in [-0.05, 0) is 31.5 Å². The van der Waals surface area contributed by atoms with Crippen molar-refractivity contribution in [2.45, 2.75) is 26.3 Å². The van der Waals surface area contributed by atoms with Crippen LogP contribution in [0.5, 0.6) is 11.5 Å². The minimum Gasteiger partial charge on any atom is -0.486 e. The molecule has 0 bridgehead atoms. The number of fused-ring (bicyclic) bond motifs is 1. The van der Waals surface area contributed by atoms with E-state index in [1.165, 1.54) is 0 Å². The van der Waals surface area contributed by atoms with Gasteiger partial charge in [-0.2, -0.15) is 0 Å². The summed E-state index contributed by atoms with van der Waals surface area (Å²) in [5, 5.41) is 2.55. The molecule has 0 atom stereocenters. The molecule has 0 saturated heterocycles. The Morgan fingerprint density at radius 3 is 2.70 bits per heavy atom. The Morgan fingerprint density at radius 1 is 1.13 bits per heavy atom. The number of para-hydroxylation sites is 1. The van der Waals surface area contributed by atoms with E-state index in [-0.39, 0.29) is 24.4 Å². The smallest absolute Gasteiger partial charge is 0.254 e. The van der Waals surface area contributed by atoms with Crippen LogP contribution in [0, 0.1) is 11.6 Å². The van der Waals surface area contributed by atoms with Gasteiger partial charge in [0.25, 0.3) is 5.91 Å². The van der Waals surface area contributed by atoms with E-state index in [2.05, 4.69) is 5.32 Å². The van der Waals surface area contributed by atoms with Gasteiger partial charge in [0.05, 0.1) is 5.56 Å². The molecule has 1 N–H and O–H groups in total. The fourth-order valence-corrected chi connectivity index (χ4v) is 3.21. The normalized spacial score (nSPS) is 12.4. The summed E-state index contributed by atoms with van der Waals surface area (Å²) in [6.07, 6.45) is 0.628. The molecular weight excluding hydrogens is 394 g/mol. The highest BCUT2D eigenvalue weighted by atomic mass is 19.1. The fraction of sp³-hybridized carbons (Fsp3) is 0.364. The molecular formula is C22H24F2N2O4. The van der Waals surface area contributed by atoms with Crippen molar-refractivity contribution >= 4 is 11.8 Å². The second-order valence-electron chi connectivity index (χ2n) is 6.83. The van der Waals surface area contributed by atoms with Crippen LogP contribution in [0.4, 0.5) is 8.78 Å². The largest absolute Gasteiger partial charge is 0.486 e. The maximum atomic E-state index is 13.6. The van der Waals surface area contributed by atoms with E-state index < -0.39 is 17.5 Å². The molecule has 3 rings (SSSR count). The maximum Gasteiger partial charge on any atom is 0.254 e. The Balaban J connectivity index is 1.49. The van der Waals surface area contributed by atoms with Gasteiger partial charge in [0, 0.05) is 37.7 Å². The number of rotatable bonds is 8. The highest BCUT2D eigenvalue weighted by molar-refractivity contribution is 5.94. The van der Waals surface area contributed by atoms with E-state index in [1.807, 2.05) is 25.1 Å². The SMILES string of the molecule is CCN(Cc1cccc2c1OCCO2)C(=O)CCCNC(=O)c1ccc(F)cc1F. The molecule has 1 heterocycles. The molecule has 0 aromatic heterocycles. The molecule has 30 heavy (non-hydrogen) atoms. The van der Waals surface area contributed by atoms with Crippen LogP contribution in [0.25, 0.3) is 0 Å². The standard InChI is InChI=1S/C22H24F2N2O4/c1-2-26(14-15-5-3-6-19-21(15)30-12-11-29-19)20(27)7-4-10-25-22(28)17-9-8-16(23)13-18(17)24/h3,5-6,8-9,13H,2,4,7,10-12,14H2,1H3,(H,25,28). The van der Waals surface area contributed by atoms with Gasteiger partial charge in [-0.1, -0.05) is 12.1 Å². The molecule has 0 saturated carbocycles. The minimum atomic E-state index is -0.918. The fourth-order valence-electron chi connectivity index (χ4n) is 3.21. The zero-order chi connectivity index (χ0) is 21.5. The molecule has 1 aliphatic rings. The average molecular weight is 418 g/mol. The third-order valence-corrected chi connectivity index (χ3v) is 4.77. The Labute approximate surface area is 173 Å². The zero-order valence-electron chi connectivity index (χ0n) is 16.7. The van der Waals surface area contributed by atoms with E-state index in [0.717, 1.165) is 17.7 Å². The minimum absolute atomic E-state index is 0.0611. The zero-order valence-corrected chi connectivity index (χ0v) is 16.7. The van der Waals surface area contributed by atoms with Crippen molar-refractivity contribution in [3.8, 4) is 11.5 Å². The number of nitrogens with zero attached hydrogens (tertiary/aromatic N) is 1. The lowest BCUT2D eigenvalue weighted by Gasteiger charge is -2.25.